The fourth-order valence-electron chi connectivity index (χ4n) is 2.15. The second-order valence-corrected chi connectivity index (χ2v) is 4.89. The molecule has 5 nitrogen and oxygen atoms in total. The van der Waals surface area contributed by atoms with Gasteiger partial charge in [-0.3, -0.25) is 10.1 Å². The second kappa shape index (κ2) is 6.82. The molecule has 21 heavy (non-hydrogen) atoms. The summed E-state index contributed by atoms with van der Waals surface area (Å²) < 4.78 is 31.4. The van der Waals surface area contributed by atoms with Crippen molar-refractivity contribution >= 4 is 5.91 Å². The van der Waals surface area contributed by atoms with E-state index in [-0.39, 0.29) is 19.8 Å². The highest BCUT2D eigenvalue weighted by Gasteiger charge is 2.42. The average molecular weight is 300 g/mol. The normalized spacial score (nSPS) is 20.2. The number of aliphatic hydroxyl groups is 1. The predicted molar refractivity (Wildman–Crippen MR) is 72.2 cm³/mol. The number of amides is 1. The number of carbonyl (C=O) groups is 1. The van der Waals surface area contributed by atoms with Crippen molar-refractivity contribution in [1.82, 2.24) is 10.6 Å². The average Bonchev–Trinajstić information content (AvgIpc) is 2.83. The van der Waals surface area contributed by atoms with Crippen LogP contribution in [-0.4, -0.2) is 42.7 Å². The second-order valence-electron chi connectivity index (χ2n) is 4.89. The van der Waals surface area contributed by atoms with Crippen LogP contribution in [0.3, 0.4) is 0 Å². The van der Waals surface area contributed by atoms with Crippen molar-refractivity contribution in [3.05, 3.63) is 29.8 Å². The van der Waals surface area contributed by atoms with E-state index in [1.165, 1.54) is 0 Å². The van der Waals surface area contributed by atoms with E-state index in [1.807, 2.05) is 0 Å². The van der Waals surface area contributed by atoms with Gasteiger partial charge in [-0.15, -0.1) is 0 Å². The molecule has 7 heteroatoms. The van der Waals surface area contributed by atoms with Crippen LogP contribution in [0.5, 0.6) is 5.75 Å². The topological polar surface area (TPSA) is 70.6 Å². The van der Waals surface area contributed by atoms with E-state index < -0.39 is 30.8 Å². The summed E-state index contributed by atoms with van der Waals surface area (Å²) in [5.74, 6) is -2.73. The van der Waals surface area contributed by atoms with Crippen molar-refractivity contribution in [2.45, 2.75) is 24.9 Å². The van der Waals surface area contributed by atoms with E-state index in [0.29, 0.717) is 5.75 Å². The van der Waals surface area contributed by atoms with Gasteiger partial charge in [0.1, 0.15) is 12.4 Å². The number of ether oxygens (including phenoxy) is 1. The third kappa shape index (κ3) is 4.37. The van der Waals surface area contributed by atoms with E-state index in [0.717, 1.165) is 5.56 Å². The lowest BCUT2D eigenvalue weighted by Crippen LogP contribution is -2.40. The summed E-state index contributed by atoms with van der Waals surface area (Å²) in [5.41, 5.74) is 0.726. The van der Waals surface area contributed by atoms with E-state index >= 15 is 0 Å². The Hall–Kier alpha value is -1.73. The van der Waals surface area contributed by atoms with Gasteiger partial charge in [0.05, 0.1) is 19.2 Å². The minimum Gasteiger partial charge on any atom is -0.491 e. The molecule has 1 unspecified atom stereocenters. The van der Waals surface area contributed by atoms with Crippen LogP contribution in [0.15, 0.2) is 24.3 Å². The largest absolute Gasteiger partial charge is 0.491 e. The first-order chi connectivity index (χ1) is 10.0. The molecule has 1 aromatic rings. The molecule has 1 amide bonds. The molecule has 1 aromatic carbocycles. The van der Waals surface area contributed by atoms with Crippen LogP contribution in [0.2, 0.25) is 0 Å². The van der Waals surface area contributed by atoms with Crippen LogP contribution in [0.25, 0.3) is 0 Å². The van der Waals surface area contributed by atoms with E-state index in [1.54, 1.807) is 24.3 Å². The highest BCUT2D eigenvalue weighted by molar-refractivity contribution is 5.82. The summed E-state index contributed by atoms with van der Waals surface area (Å²) in [6, 6.07) is 6.18. The number of carbonyl (C=O) groups excluding carboxylic acids is 1. The molecule has 116 valence electrons. The number of hydrogen-bond donors (Lipinski definition) is 3. The molecule has 1 saturated heterocycles. The van der Waals surface area contributed by atoms with Gasteiger partial charge in [-0.25, -0.2) is 8.78 Å². The third-order valence-corrected chi connectivity index (χ3v) is 3.20. The first kappa shape index (κ1) is 15.7. The monoisotopic (exact) mass is 300 g/mol. The quantitative estimate of drug-likeness (QED) is 0.722. The van der Waals surface area contributed by atoms with Crippen LogP contribution in [0.1, 0.15) is 12.0 Å². The maximum Gasteiger partial charge on any atom is 0.262 e. The molecule has 1 aliphatic rings. The molecule has 0 bridgehead atoms. The summed E-state index contributed by atoms with van der Waals surface area (Å²) in [5, 5.41) is 13.9. The van der Waals surface area contributed by atoms with E-state index in [9.17, 15) is 13.6 Å². The van der Waals surface area contributed by atoms with Crippen LogP contribution in [0.4, 0.5) is 8.78 Å². The highest BCUT2D eigenvalue weighted by atomic mass is 19.3. The number of aliphatic hydroxyl groups excluding tert-OH is 1. The molecular formula is C14H18F2N2O3. The summed E-state index contributed by atoms with van der Waals surface area (Å²) in [7, 11) is 0. The van der Waals surface area contributed by atoms with Gasteiger partial charge in [0.15, 0.2) is 0 Å². The zero-order valence-electron chi connectivity index (χ0n) is 11.4. The number of para-hydroxylation sites is 1. The molecular weight excluding hydrogens is 282 g/mol. The van der Waals surface area contributed by atoms with Gasteiger partial charge < -0.3 is 15.2 Å². The minimum atomic E-state index is -2.83. The standard InChI is InChI=1S/C14H18F2N2O3/c15-14(16)7-11(18-9-14)13(20)17-8-10-3-1-2-4-12(10)21-6-5-19/h1-4,11,18-19H,5-9H2,(H,17,20). The Morgan fingerprint density at radius 2 is 2.24 bits per heavy atom. The molecule has 0 aromatic heterocycles. The van der Waals surface area contributed by atoms with Gasteiger partial charge in [-0.05, 0) is 6.07 Å². The molecule has 1 fully saturated rings. The Morgan fingerprint density at radius 3 is 2.90 bits per heavy atom. The number of rotatable bonds is 6. The third-order valence-electron chi connectivity index (χ3n) is 3.20. The van der Waals surface area contributed by atoms with Gasteiger partial charge in [-0.2, -0.15) is 0 Å². The van der Waals surface area contributed by atoms with Crippen molar-refractivity contribution in [1.29, 1.82) is 0 Å². The van der Waals surface area contributed by atoms with Gasteiger partial charge >= 0.3 is 0 Å². The molecule has 0 saturated carbocycles. The Kier molecular flexibility index (Phi) is 5.08. The molecule has 2 rings (SSSR count). The fourth-order valence-corrected chi connectivity index (χ4v) is 2.15. The lowest BCUT2D eigenvalue weighted by Gasteiger charge is -2.14. The molecule has 0 radical (unpaired) electrons. The minimum absolute atomic E-state index is 0.109. The number of alkyl halides is 2. The Labute approximate surface area is 121 Å². The lowest BCUT2D eigenvalue weighted by molar-refractivity contribution is -0.123. The molecule has 1 heterocycles. The van der Waals surface area contributed by atoms with Crippen molar-refractivity contribution in [3.8, 4) is 5.75 Å². The summed E-state index contributed by atoms with van der Waals surface area (Å²) in [6.45, 7) is -0.241. The van der Waals surface area contributed by atoms with Gasteiger partial charge in [0.2, 0.25) is 5.91 Å². The van der Waals surface area contributed by atoms with Crippen molar-refractivity contribution in [3.63, 3.8) is 0 Å². The molecule has 1 aliphatic heterocycles. The van der Waals surface area contributed by atoms with E-state index in [4.69, 9.17) is 9.84 Å². The summed E-state index contributed by atoms with van der Waals surface area (Å²) >= 11 is 0. The lowest BCUT2D eigenvalue weighted by atomic mass is 10.1. The number of hydrogen-bond acceptors (Lipinski definition) is 4. The molecule has 0 aliphatic carbocycles. The summed E-state index contributed by atoms with van der Waals surface area (Å²) in [4.78, 5) is 11.8. The van der Waals surface area contributed by atoms with Crippen molar-refractivity contribution in [2.75, 3.05) is 19.8 Å². The van der Waals surface area contributed by atoms with Crippen LogP contribution in [0, 0.1) is 0 Å². The maximum absolute atomic E-state index is 13.0. The predicted octanol–water partition coefficient (Wildman–Crippen LogP) is 0.671. The number of benzene rings is 1. The first-order valence-electron chi connectivity index (χ1n) is 6.72. The van der Waals surface area contributed by atoms with Gasteiger partial charge in [0.25, 0.3) is 5.92 Å². The highest BCUT2D eigenvalue weighted by Crippen LogP contribution is 2.25. The van der Waals surface area contributed by atoms with E-state index in [2.05, 4.69) is 10.6 Å². The van der Waals surface area contributed by atoms with Crippen LogP contribution < -0.4 is 15.4 Å². The Bertz CT molecular complexity index is 497. The van der Waals surface area contributed by atoms with Gasteiger partial charge in [-0.1, -0.05) is 18.2 Å². The van der Waals surface area contributed by atoms with Gasteiger partial charge in [0, 0.05) is 18.5 Å². The zero-order chi connectivity index (χ0) is 15.3. The SMILES string of the molecule is O=C(NCc1ccccc1OCCO)C1CC(F)(F)CN1. The first-order valence-corrected chi connectivity index (χ1v) is 6.72. The molecule has 0 spiro atoms. The number of halogens is 2. The zero-order valence-corrected chi connectivity index (χ0v) is 11.4. The van der Waals surface area contributed by atoms with Crippen molar-refractivity contribution in [2.24, 2.45) is 0 Å². The Balaban J connectivity index is 1.89. The smallest absolute Gasteiger partial charge is 0.262 e. The van der Waals surface area contributed by atoms with Crippen LogP contribution in [-0.2, 0) is 11.3 Å². The Morgan fingerprint density at radius 1 is 1.48 bits per heavy atom. The fraction of sp³-hybridized carbons (Fsp3) is 0.500. The summed E-state index contributed by atoms with van der Waals surface area (Å²) in [6.07, 6.45) is -0.485. The van der Waals surface area contributed by atoms with Crippen molar-refractivity contribution < 1.29 is 23.4 Å². The molecule has 3 N–H and O–H groups in total. The van der Waals surface area contributed by atoms with Crippen LogP contribution >= 0.6 is 0 Å². The number of nitrogens with one attached hydrogen (secondary N) is 2. The maximum atomic E-state index is 13.0. The molecule has 1 atom stereocenters.